The van der Waals surface area contributed by atoms with Crippen molar-refractivity contribution in [3.8, 4) is 0 Å². The molecule has 1 aliphatic rings. The summed E-state index contributed by atoms with van der Waals surface area (Å²) < 4.78 is 3.27. The normalized spacial score (nSPS) is 16.0. The molecule has 1 amide bonds. The highest BCUT2D eigenvalue weighted by atomic mass is 16.2. The molecule has 3 aromatic rings. The number of aryl methyl sites for hydroxylation is 3. The summed E-state index contributed by atoms with van der Waals surface area (Å²) in [6.45, 7) is 0.478. The van der Waals surface area contributed by atoms with Crippen LogP contribution in [-0.4, -0.2) is 15.0 Å². The van der Waals surface area contributed by atoms with E-state index in [1.807, 2.05) is 18.2 Å². The van der Waals surface area contributed by atoms with Crippen LogP contribution < -0.4 is 11.0 Å². The predicted molar refractivity (Wildman–Crippen MR) is 102 cm³/mol. The van der Waals surface area contributed by atoms with Gasteiger partial charge in [-0.05, 0) is 47.6 Å². The van der Waals surface area contributed by atoms with Crippen LogP contribution in [0.2, 0.25) is 0 Å². The fourth-order valence-corrected chi connectivity index (χ4v) is 4.02. The van der Waals surface area contributed by atoms with Gasteiger partial charge in [0.05, 0.1) is 11.0 Å². The number of nitrogens with one attached hydrogen (secondary N) is 1. The van der Waals surface area contributed by atoms with E-state index in [4.69, 9.17) is 0 Å². The van der Waals surface area contributed by atoms with E-state index >= 15 is 0 Å². The number of imidazole rings is 1. The maximum Gasteiger partial charge on any atom is 0.328 e. The Hall–Kier alpha value is -2.82. The largest absolute Gasteiger partial charge is 0.352 e. The minimum absolute atomic E-state index is 0.0407. The SMILES string of the molecule is Cn1c(=O)n(C)c2cc(CNC(=O)C[C@H]3CCc4ccccc43)ccc21. The average Bonchev–Trinajstić information content (AvgIpc) is 3.15. The Morgan fingerprint density at radius 2 is 1.88 bits per heavy atom. The molecule has 4 rings (SSSR count). The number of fused-ring (bicyclic) bond motifs is 2. The second kappa shape index (κ2) is 6.48. The third-order valence-electron chi connectivity index (χ3n) is 5.51. The van der Waals surface area contributed by atoms with Gasteiger partial charge in [-0.2, -0.15) is 0 Å². The predicted octanol–water partition coefficient (Wildman–Crippen LogP) is 2.61. The number of hydrogen-bond donors (Lipinski definition) is 1. The van der Waals surface area contributed by atoms with Crippen molar-refractivity contribution in [1.29, 1.82) is 0 Å². The first-order chi connectivity index (χ1) is 12.5. The molecule has 1 aromatic heterocycles. The standard InChI is InChI=1S/C21H23N3O2/c1-23-18-10-7-14(11-19(18)24(2)21(23)26)13-22-20(25)12-16-9-8-15-5-3-4-6-17(15)16/h3-7,10-11,16H,8-9,12-13H2,1-2H3,(H,22,25)/t16-/m1/s1. The lowest BCUT2D eigenvalue weighted by Gasteiger charge is -2.12. The van der Waals surface area contributed by atoms with Gasteiger partial charge in [-0.25, -0.2) is 4.79 Å². The van der Waals surface area contributed by atoms with Gasteiger partial charge in [0.25, 0.3) is 0 Å². The molecular weight excluding hydrogens is 326 g/mol. The molecule has 2 aromatic carbocycles. The maximum absolute atomic E-state index is 12.4. The molecular formula is C21H23N3O2. The molecule has 0 aliphatic heterocycles. The van der Waals surface area contributed by atoms with Gasteiger partial charge in [0, 0.05) is 27.1 Å². The number of aromatic nitrogens is 2. The number of nitrogens with zero attached hydrogens (tertiary/aromatic N) is 2. The molecule has 0 saturated carbocycles. The van der Waals surface area contributed by atoms with E-state index in [1.54, 1.807) is 23.2 Å². The molecule has 0 unspecified atom stereocenters. The molecule has 0 fully saturated rings. The molecule has 5 nitrogen and oxygen atoms in total. The van der Waals surface area contributed by atoms with Crippen molar-refractivity contribution in [3.63, 3.8) is 0 Å². The summed E-state index contributed by atoms with van der Waals surface area (Å²) in [6, 6.07) is 14.3. The van der Waals surface area contributed by atoms with Crippen LogP contribution in [0.25, 0.3) is 11.0 Å². The molecule has 1 heterocycles. The summed E-state index contributed by atoms with van der Waals surface area (Å²) >= 11 is 0. The lowest BCUT2D eigenvalue weighted by Crippen LogP contribution is -2.24. The monoisotopic (exact) mass is 349 g/mol. The first-order valence-electron chi connectivity index (χ1n) is 9.03. The molecule has 1 N–H and O–H groups in total. The Balaban J connectivity index is 1.43. The zero-order chi connectivity index (χ0) is 18.3. The van der Waals surface area contributed by atoms with Gasteiger partial charge in [0.2, 0.25) is 5.91 Å². The van der Waals surface area contributed by atoms with E-state index in [0.717, 1.165) is 29.4 Å². The van der Waals surface area contributed by atoms with E-state index in [-0.39, 0.29) is 11.6 Å². The van der Waals surface area contributed by atoms with E-state index in [1.165, 1.54) is 11.1 Å². The number of carbonyl (C=O) groups is 1. The number of carbonyl (C=O) groups excluding carboxylic acids is 1. The Kier molecular flexibility index (Phi) is 4.15. The Bertz CT molecular complexity index is 1050. The summed E-state index contributed by atoms with van der Waals surface area (Å²) in [4.78, 5) is 24.4. The van der Waals surface area contributed by atoms with Crippen LogP contribution in [0.1, 0.15) is 35.4 Å². The molecule has 1 aliphatic carbocycles. The minimum Gasteiger partial charge on any atom is -0.352 e. The lowest BCUT2D eigenvalue weighted by atomic mass is 9.97. The van der Waals surface area contributed by atoms with Crippen molar-refractivity contribution in [3.05, 3.63) is 69.6 Å². The molecule has 0 radical (unpaired) electrons. The number of benzene rings is 2. The van der Waals surface area contributed by atoms with Crippen LogP contribution >= 0.6 is 0 Å². The fourth-order valence-electron chi connectivity index (χ4n) is 4.02. The van der Waals surface area contributed by atoms with Crippen molar-refractivity contribution in [2.75, 3.05) is 0 Å². The summed E-state index contributed by atoms with van der Waals surface area (Å²) in [5, 5.41) is 3.03. The smallest absolute Gasteiger partial charge is 0.328 e. The zero-order valence-electron chi connectivity index (χ0n) is 15.2. The molecule has 134 valence electrons. The van der Waals surface area contributed by atoms with Crippen molar-refractivity contribution in [2.24, 2.45) is 14.1 Å². The van der Waals surface area contributed by atoms with Crippen LogP contribution in [0.5, 0.6) is 0 Å². The molecule has 0 saturated heterocycles. The highest BCUT2D eigenvalue weighted by Crippen LogP contribution is 2.35. The quantitative estimate of drug-likeness (QED) is 0.787. The van der Waals surface area contributed by atoms with Gasteiger partial charge in [-0.15, -0.1) is 0 Å². The number of rotatable bonds is 4. The van der Waals surface area contributed by atoms with Gasteiger partial charge < -0.3 is 5.32 Å². The van der Waals surface area contributed by atoms with E-state index in [0.29, 0.717) is 18.9 Å². The van der Waals surface area contributed by atoms with Gasteiger partial charge in [-0.1, -0.05) is 30.3 Å². The van der Waals surface area contributed by atoms with Gasteiger partial charge in [0.15, 0.2) is 0 Å². The summed E-state index contributed by atoms with van der Waals surface area (Å²) in [6.07, 6.45) is 2.64. The molecule has 5 heteroatoms. The second-order valence-corrected chi connectivity index (χ2v) is 7.14. The van der Waals surface area contributed by atoms with Crippen LogP contribution in [0, 0.1) is 0 Å². The van der Waals surface area contributed by atoms with Crippen molar-refractivity contribution in [1.82, 2.24) is 14.5 Å². The van der Waals surface area contributed by atoms with E-state index in [9.17, 15) is 9.59 Å². The van der Waals surface area contributed by atoms with Crippen LogP contribution in [0.3, 0.4) is 0 Å². The van der Waals surface area contributed by atoms with E-state index < -0.39 is 0 Å². The summed E-state index contributed by atoms with van der Waals surface area (Å²) in [5.41, 5.74) is 5.44. The Labute approximate surface area is 152 Å². The lowest BCUT2D eigenvalue weighted by molar-refractivity contribution is -0.121. The molecule has 0 spiro atoms. The average molecular weight is 349 g/mol. The highest BCUT2D eigenvalue weighted by molar-refractivity contribution is 5.78. The highest BCUT2D eigenvalue weighted by Gasteiger charge is 2.24. The first-order valence-corrected chi connectivity index (χ1v) is 9.03. The number of hydrogen-bond acceptors (Lipinski definition) is 2. The maximum atomic E-state index is 12.4. The van der Waals surface area contributed by atoms with Crippen molar-refractivity contribution in [2.45, 2.75) is 31.7 Å². The van der Waals surface area contributed by atoms with Crippen molar-refractivity contribution < 1.29 is 4.79 Å². The van der Waals surface area contributed by atoms with Gasteiger partial charge in [-0.3, -0.25) is 13.9 Å². The second-order valence-electron chi connectivity index (χ2n) is 7.14. The van der Waals surface area contributed by atoms with Crippen LogP contribution in [0.4, 0.5) is 0 Å². The third kappa shape index (κ3) is 2.83. The van der Waals surface area contributed by atoms with Crippen LogP contribution in [-0.2, 0) is 31.9 Å². The van der Waals surface area contributed by atoms with E-state index in [2.05, 4.69) is 29.6 Å². The van der Waals surface area contributed by atoms with Gasteiger partial charge in [0.1, 0.15) is 0 Å². The number of amides is 1. The Morgan fingerprint density at radius 1 is 1.12 bits per heavy atom. The zero-order valence-corrected chi connectivity index (χ0v) is 15.2. The Morgan fingerprint density at radius 3 is 2.73 bits per heavy atom. The molecule has 0 bridgehead atoms. The topological polar surface area (TPSA) is 56.0 Å². The minimum atomic E-state index is -0.0407. The fraction of sp³-hybridized carbons (Fsp3) is 0.333. The summed E-state index contributed by atoms with van der Waals surface area (Å²) in [7, 11) is 3.54. The van der Waals surface area contributed by atoms with Gasteiger partial charge >= 0.3 is 5.69 Å². The molecule has 1 atom stereocenters. The van der Waals surface area contributed by atoms with Crippen LogP contribution in [0.15, 0.2) is 47.3 Å². The third-order valence-corrected chi connectivity index (χ3v) is 5.51. The first kappa shape index (κ1) is 16.6. The summed E-state index contributed by atoms with van der Waals surface area (Å²) in [5.74, 6) is 0.400. The molecule has 26 heavy (non-hydrogen) atoms. The van der Waals surface area contributed by atoms with Crippen molar-refractivity contribution >= 4 is 16.9 Å².